The Morgan fingerprint density at radius 1 is 0.750 bits per heavy atom. The van der Waals surface area contributed by atoms with E-state index in [1.807, 2.05) is 20.8 Å². The molecule has 6 atom stereocenters. The summed E-state index contributed by atoms with van der Waals surface area (Å²) < 4.78 is 11.4. The van der Waals surface area contributed by atoms with Crippen molar-refractivity contribution in [2.75, 3.05) is 67.5 Å². The molecule has 0 saturated carbocycles. The fraction of sp³-hybridized carbons (Fsp3) is 0.707. The third-order valence-corrected chi connectivity index (χ3v) is 19.7. The summed E-state index contributed by atoms with van der Waals surface area (Å²) >= 11 is 1.59. The van der Waals surface area contributed by atoms with Gasteiger partial charge in [-0.05, 0) is 83.9 Å². The first-order valence-electron chi connectivity index (χ1n) is 23.5. The number of nitrogens with zero attached hydrogens (tertiary/aromatic N) is 8. The molecule has 1 saturated heterocycles. The second-order valence-corrected chi connectivity index (χ2v) is 25.8. The van der Waals surface area contributed by atoms with Gasteiger partial charge in [-0.15, -0.1) is 72.0 Å². The fourth-order valence-corrected chi connectivity index (χ4v) is 14.5. The predicted octanol–water partition coefficient (Wildman–Crippen LogP) is 6.64. The number of phenols is 1. The van der Waals surface area contributed by atoms with E-state index in [2.05, 4.69) is 34.0 Å². The van der Waals surface area contributed by atoms with Crippen LogP contribution in [0.4, 0.5) is 0 Å². The van der Waals surface area contributed by atoms with E-state index >= 15 is 0 Å². The number of carbonyl (C=O) groups is 3. The number of hydrogen-bond acceptors (Lipinski definition) is 32. The van der Waals surface area contributed by atoms with Crippen molar-refractivity contribution in [2.45, 2.75) is 111 Å². The van der Waals surface area contributed by atoms with Gasteiger partial charge in [0.1, 0.15) is 56.2 Å². The monoisotopic (exact) mass is 1270 g/mol. The van der Waals surface area contributed by atoms with Gasteiger partial charge in [0.05, 0.1) is 17.2 Å². The summed E-state index contributed by atoms with van der Waals surface area (Å²) in [6, 6.07) is -0.347. The summed E-state index contributed by atoms with van der Waals surface area (Å²) in [6.07, 6.45) is 0.172. The first-order chi connectivity index (χ1) is 37.7. The lowest BCUT2D eigenvalue weighted by atomic mass is 9.87. The van der Waals surface area contributed by atoms with Crippen molar-refractivity contribution in [2.24, 2.45) is 5.92 Å². The molecule has 6 unspecified atom stereocenters. The summed E-state index contributed by atoms with van der Waals surface area (Å²) in [5, 5.41) is 65.7. The number of aromatic nitrogens is 1. The number of esters is 1. The number of ketones is 1. The van der Waals surface area contributed by atoms with Crippen LogP contribution in [0.5, 0.6) is 11.5 Å². The van der Waals surface area contributed by atoms with Gasteiger partial charge in [0.25, 0.3) is 30.5 Å². The van der Waals surface area contributed by atoms with Crippen LogP contribution in [0.2, 0.25) is 0 Å². The topological polar surface area (TPSA) is 420 Å². The van der Waals surface area contributed by atoms with Crippen LogP contribution in [0.3, 0.4) is 0 Å². The van der Waals surface area contributed by atoms with Crippen molar-refractivity contribution in [1.82, 2.24) is 9.88 Å². The molecule has 0 bridgehead atoms. The number of thiazole rings is 1. The number of ether oxygens (including phenoxy) is 2. The van der Waals surface area contributed by atoms with Crippen molar-refractivity contribution in [3.05, 3.63) is 99.0 Å². The highest BCUT2D eigenvalue weighted by molar-refractivity contribution is 8.77. The Morgan fingerprint density at radius 2 is 1.24 bits per heavy atom. The number of carbonyl (C=O) groups excluding carboxylic acids is 3. The van der Waals surface area contributed by atoms with Gasteiger partial charge in [-0.2, -0.15) is 0 Å². The molecular weight excluding hydrogens is 1210 g/mol. The van der Waals surface area contributed by atoms with Crippen LogP contribution >= 0.6 is 76.1 Å². The average molecular weight is 1270 g/mol. The molecule has 450 valence electrons. The van der Waals surface area contributed by atoms with E-state index < -0.39 is 80.2 Å². The first kappa shape index (κ1) is 70.5. The molecule has 80 heavy (non-hydrogen) atoms. The van der Waals surface area contributed by atoms with E-state index in [1.165, 1.54) is 76.6 Å². The van der Waals surface area contributed by atoms with E-state index in [-0.39, 0.29) is 53.3 Å². The van der Waals surface area contributed by atoms with Crippen molar-refractivity contribution in [1.29, 1.82) is 0 Å². The highest BCUT2D eigenvalue weighted by Crippen LogP contribution is 2.43. The van der Waals surface area contributed by atoms with E-state index in [4.69, 9.17) is 9.47 Å². The Bertz CT molecular complexity index is 2420. The molecule has 1 fully saturated rings. The summed E-state index contributed by atoms with van der Waals surface area (Å²) in [7, 11) is 7.82. The second kappa shape index (κ2) is 36.7. The maximum absolute atomic E-state index is 12.7. The maximum atomic E-state index is 12.7. The number of phenolic OH excluding ortho intramolecular Hbond substituents is 1. The van der Waals surface area contributed by atoms with Crippen LogP contribution in [0.1, 0.15) is 72.9 Å². The van der Waals surface area contributed by atoms with Crippen LogP contribution < -0.4 is 4.74 Å². The van der Waals surface area contributed by atoms with Gasteiger partial charge >= 0.3 is 5.97 Å². The minimum atomic E-state index is -1.16. The normalized spacial score (nSPS) is 16.6. The van der Waals surface area contributed by atoms with Crippen molar-refractivity contribution >= 4 is 93.8 Å². The van der Waals surface area contributed by atoms with E-state index in [9.17, 15) is 80.2 Å². The number of rotatable bonds is 35. The third-order valence-electron chi connectivity index (χ3n) is 11.2. The number of aryl methyl sites for hydroxylation is 2. The quantitative estimate of drug-likeness (QED) is 0.0248. The average Bonchev–Trinajstić information content (AvgIpc) is 4.06. The molecule has 3 heterocycles. The standard InChI is InChI=1S/C19H26N2O10S2.C13H21N3O8S2.C9H13N3O6S3/c1-11-12(2)17-15(13(3)16(11)22)5-6-19(4,30-17)18(23)28-7-8-32-33-10-14(31-21(26)27)9-29-20(24)25;1-9(13(18)14-5-3-4-12(14)10(2)17)7-25-26-8-11(24-16(21)22)6-23-15(19)20;1-7-9(19-6-10-7)2-3-20-21-5-8(18-12(15)16)4-17-11(13)14/h14,22H,5-10H2,1-4H3;9,11-12H,3-8H2,1-2H3;6,8H,2-5H2,1H3. The van der Waals surface area contributed by atoms with E-state index in [1.54, 1.807) is 42.5 Å². The van der Waals surface area contributed by atoms with Gasteiger partial charge in [-0.25, -0.2) is 9.78 Å². The lowest BCUT2D eigenvalue weighted by Gasteiger charge is -2.35. The van der Waals surface area contributed by atoms with Gasteiger partial charge in [-0.3, -0.25) is 9.59 Å². The summed E-state index contributed by atoms with van der Waals surface area (Å²) in [5.74, 6) is 1.92. The lowest BCUT2D eigenvalue weighted by molar-refractivity contribution is -0.788. The zero-order chi connectivity index (χ0) is 60.1. The number of Topliss-reactive ketones (excluding diaryl/α,β-unsaturated/α-hetero) is 1. The van der Waals surface area contributed by atoms with Crippen LogP contribution in [0, 0.1) is 94.3 Å². The minimum absolute atomic E-state index is 0.0179. The smallest absolute Gasteiger partial charge is 0.350 e. The van der Waals surface area contributed by atoms with Crippen LogP contribution in [0.25, 0.3) is 0 Å². The van der Waals surface area contributed by atoms with E-state index in [0.29, 0.717) is 48.6 Å². The molecule has 2 aromatic rings. The molecule has 0 spiro atoms. The van der Waals surface area contributed by atoms with Crippen molar-refractivity contribution in [3.8, 4) is 11.5 Å². The van der Waals surface area contributed by atoms with Gasteiger partial charge in [0, 0.05) is 63.8 Å². The maximum Gasteiger partial charge on any atom is 0.350 e. The van der Waals surface area contributed by atoms with Crippen LogP contribution in [-0.2, 0) is 61.0 Å². The summed E-state index contributed by atoms with van der Waals surface area (Å²) in [5.41, 5.74) is 4.78. The van der Waals surface area contributed by atoms with Crippen molar-refractivity contribution in [3.63, 3.8) is 0 Å². The molecule has 4 rings (SSSR count). The Kier molecular flexibility index (Phi) is 32.3. The Morgan fingerprint density at radius 3 is 1.70 bits per heavy atom. The zero-order valence-corrected chi connectivity index (χ0v) is 49.8. The predicted molar refractivity (Wildman–Crippen MR) is 295 cm³/mol. The minimum Gasteiger partial charge on any atom is -0.507 e. The third kappa shape index (κ3) is 26.3. The highest BCUT2D eigenvalue weighted by atomic mass is 33.1. The largest absolute Gasteiger partial charge is 0.507 e. The number of likely N-dealkylation sites (tertiary alicyclic amines) is 1. The molecule has 1 N–H and O–H groups in total. The molecular formula is C41H60N8O24S7. The molecule has 1 aromatic carbocycles. The van der Waals surface area contributed by atoms with Crippen molar-refractivity contribution < 1.29 is 88.5 Å². The van der Waals surface area contributed by atoms with Gasteiger partial charge in [0.2, 0.25) is 11.5 Å². The Hall–Kier alpha value is -5.64. The number of benzene rings is 1. The summed E-state index contributed by atoms with van der Waals surface area (Å²) in [4.78, 5) is 131. The fourth-order valence-electron chi connectivity index (χ4n) is 6.98. The number of aromatic hydroxyl groups is 1. The molecule has 39 heteroatoms. The molecule has 1 amide bonds. The summed E-state index contributed by atoms with van der Waals surface area (Å²) in [6.45, 7) is 11.4. The zero-order valence-electron chi connectivity index (χ0n) is 44.1. The molecule has 2 aliphatic heterocycles. The SMILES string of the molecule is CC(=O)C1CCCN1C(=O)C(C)CSSCC(CO[N+](=O)[O-])O[N+](=O)[O-].Cc1c(C)c2c(c(C)c1O)CCC(C)(C(=O)OCCSSCC(CO[N+](=O)[O-])O[N+](=O)[O-])O2.Cc1ncsc1CCSSCC(CO[N+](=O)[O-])O[N+](=O)[O-]. The number of fused-ring (bicyclic) bond motifs is 1. The molecule has 1 aromatic heterocycles. The first-order valence-corrected chi connectivity index (χ1v) is 31.9. The highest BCUT2D eigenvalue weighted by Gasteiger charge is 2.42. The molecule has 0 radical (unpaired) electrons. The molecule has 0 aliphatic carbocycles. The molecule has 32 nitrogen and oxygen atoms in total. The van der Waals surface area contributed by atoms with Crippen LogP contribution in [-0.4, -0.2) is 161 Å². The number of hydrogen-bond donors (Lipinski definition) is 1. The van der Waals surface area contributed by atoms with Crippen LogP contribution in [0.15, 0.2) is 5.51 Å². The van der Waals surface area contributed by atoms with Gasteiger partial charge in [0.15, 0.2) is 5.78 Å². The molecule has 2 aliphatic rings. The second-order valence-electron chi connectivity index (χ2n) is 17.0. The Balaban J connectivity index is 0.000000421. The van der Waals surface area contributed by atoms with Gasteiger partial charge < -0.3 is 48.5 Å². The van der Waals surface area contributed by atoms with Gasteiger partial charge in [-0.1, -0.05) is 71.7 Å². The lowest BCUT2D eigenvalue weighted by Crippen LogP contribution is -2.46. The Labute approximate surface area is 484 Å². The number of amides is 1. The van der Waals surface area contributed by atoms with E-state index in [0.717, 1.165) is 41.0 Å².